The molecular formula is C13H17N3O3S. The molecule has 7 heteroatoms. The molecule has 1 saturated heterocycles. The minimum absolute atomic E-state index is 0.0303. The van der Waals surface area contributed by atoms with Crippen LogP contribution in [0.25, 0.3) is 0 Å². The summed E-state index contributed by atoms with van der Waals surface area (Å²) in [4.78, 5) is 22.5. The van der Waals surface area contributed by atoms with Crippen LogP contribution in [-0.2, 0) is 0 Å². The van der Waals surface area contributed by atoms with Crippen molar-refractivity contribution in [2.75, 3.05) is 23.9 Å². The van der Waals surface area contributed by atoms with Gasteiger partial charge in [0.15, 0.2) is 0 Å². The quantitative estimate of drug-likeness (QED) is 0.657. The SMILES string of the molecule is CNc1cc(C(=O)NC2CCCSC2)ccc1[N+](=O)[O-]. The maximum Gasteiger partial charge on any atom is 0.292 e. The van der Waals surface area contributed by atoms with Gasteiger partial charge in [-0.1, -0.05) is 0 Å². The number of hydrogen-bond donors (Lipinski definition) is 2. The molecule has 1 aliphatic rings. The Morgan fingerprint density at radius 1 is 1.50 bits per heavy atom. The van der Waals surface area contributed by atoms with Gasteiger partial charge in [0, 0.05) is 30.5 Å². The number of hydrogen-bond acceptors (Lipinski definition) is 5. The molecule has 0 spiro atoms. The van der Waals surface area contributed by atoms with E-state index in [1.54, 1.807) is 7.05 Å². The number of benzene rings is 1. The molecule has 6 nitrogen and oxygen atoms in total. The lowest BCUT2D eigenvalue weighted by atomic mass is 10.1. The topological polar surface area (TPSA) is 84.3 Å². The van der Waals surface area contributed by atoms with Gasteiger partial charge in [-0.05, 0) is 30.7 Å². The fourth-order valence-electron chi connectivity index (χ4n) is 2.16. The van der Waals surface area contributed by atoms with Crippen molar-refractivity contribution in [3.05, 3.63) is 33.9 Å². The van der Waals surface area contributed by atoms with E-state index >= 15 is 0 Å². The van der Waals surface area contributed by atoms with Gasteiger partial charge in [-0.2, -0.15) is 11.8 Å². The van der Waals surface area contributed by atoms with Gasteiger partial charge in [-0.15, -0.1) is 0 Å². The monoisotopic (exact) mass is 295 g/mol. The van der Waals surface area contributed by atoms with Crippen molar-refractivity contribution in [2.45, 2.75) is 18.9 Å². The van der Waals surface area contributed by atoms with Gasteiger partial charge < -0.3 is 10.6 Å². The molecule has 1 aliphatic heterocycles. The van der Waals surface area contributed by atoms with E-state index in [4.69, 9.17) is 0 Å². The van der Waals surface area contributed by atoms with Crippen molar-refractivity contribution in [1.29, 1.82) is 0 Å². The Kier molecular flexibility index (Phi) is 4.84. The Morgan fingerprint density at radius 2 is 2.30 bits per heavy atom. The van der Waals surface area contributed by atoms with E-state index in [1.165, 1.54) is 18.2 Å². The first-order chi connectivity index (χ1) is 9.61. The highest BCUT2D eigenvalue weighted by molar-refractivity contribution is 7.99. The number of anilines is 1. The number of nitrogens with one attached hydrogen (secondary N) is 2. The second-order valence-corrected chi connectivity index (χ2v) is 5.78. The smallest absolute Gasteiger partial charge is 0.292 e. The number of nitro benzene ring substituents is 1. The lowest BCUT2D eigenvalue weighted by Crippen LogP contribution is -2.38. The van der Waals surface area contributed by atoms with E-state index in [1.807, 2.05) is 11.8 Å². The summed E-state index contributed by atoms with van der Waals surface area (Å²) < 4.78 is 0. The van der Waals surface area contributed by atoms with Crippen molar-refractivity contribution in [3.8, 4) is 0 Å². The molecule has 0 bridgehead atoms. The maximum absolute atomic E-state index is 12.1. The molecule has 1 unspecified atom stereocenters. The van der Waals surface area contributed by atoms with Crippen LogP contribution in [0.3, 0.4) is 0 Å². The molecule has 1 heterocycles. The van der Waals surface area contributed by atoms with E-state index in [9.17, 15) is 14.9 Å². The van der Waals surface area contributed by atoms with E-state index in [-0.39, 0.29) is 17.6 Å². The third-order valence-corrected chi connectivity index (χ3v) is 4.44. The second kappa shape index (κ2) is 6.60. The average Bonchev–Trinajstić information content (AvgIpc) is 2.47. The lowest BCUT2D eigenvalue weighted by Gasteiger charge is -2.22. The maximum atomic E-state index is 12.1. The zero-order chi connectivity index (χ0) is 14.5. The molecular weight excluding hydrogens is 278 g/mol. The van der Waals surface area contributed by atoms with E-state index in [0.717, 1.165) is 24.3 Å². The molecule has 0 saturated carbocycles. The highest BCUT2D eigenvalue weighted by Gasteiger charge is 2.19. The Morgan fingerprint density at radius 3 is 2.90 bits per heavy atom. The lowest BCUT2D eigenvalue weighted by molar-refractivity contribution is -0.383. The van der Waals surface area contributed by atoms with Gasteiger partial charge in [-0.25, -0.2) is 0 Å². The summed E-state index contributed by atoms with van der Waals surface area (Å²) in [6, 6.07) is 4.55. The van der Waals surface area contributed by atoms with Crippen molar-refractivity contribution in [1.82, 2.24) is 5.32 Å². The van der Waals surface area contributed by atoms with Crippen LogP contribution in [0.1, 0.15) is 23.2 Å². The highest BCUT2D eigenvalue weighted by atomic mass is 32.2. The molecule has 20 heavy (non-hydrogen) atoms. The fourth-order valence-corrected chi connectivity index (χ4v) is 3.23. The van der Waals surface area contributed by atoms with Gasteiger partial charge >= 0.3 is 0 Å². The van der Waals surface area contributed by atoms with Crippen LogP contribution in [0.2, 0.25) is 0 Å². The molecule has 0 aromatic heterocycles. The summed E-state index contributed by atoms with van der Waals surface area (Å²) in [5, 5.41) is 16.6. The van der Waals surface area contributed by atoms with Crippen molar-refractivity contribution in [2.24, 2.45) is 0 Å². The molecule has 0 aliphatic carbocycles. The van der Waals surface area contributed by atoms with Gasteiger partial charge in [0.2, 0.25) is 0 Å². The zero-order valence-corrected chi connectivity index (χ0v) is 12.0. The number of amides is 1. The van der Waals surface area contributed by atoms with Crippen LogP contribution < -0.4 is 10.6 Å². The first-order valence-corrected chi connectivity index (χ1v) is 7.62. The summed E-state index contributed by atoms with van der Waals surface area (Å²) in [6.45, 7) is 0. The Balaban J connectivity index is 2.11. The summed E-state index contributed by atoms with van der Waals surface area (Å²) in [6.07, 6.45) is 2.10. The van der Waals surface area contributed by atoms with Crippen molar-refractivity contribution < 1.29 is 9.72 Å². The van der Waals surface area contributed by atoms with E-state index in [0.29, 0.717) is 11.3 Å². The number of carbonyl (C=O) groups is 1. The Labute approximate surface area is 121 Å². The number of nitro groups is 1. The number of nitrogens with zero attached hydrogens (tertiary/aromatic N) is 1. The van der Waals surface area contributed by atoms with Crippen LogP contribution in [0, 0.1) is 10.1 Å². The van der Waals surface area contributed by atoms with Gasteiger partial charge in [-0.3, -0.25) is 14.9 Å². The zero-order valence-electron chi connectivity index (χ0n) is 11.2. The number of carbonyl (C=O) groups excluding carboxylic acids is 1. The van der Waals surface area contributed by atoms with Gasteiger partial charge in [0.25, 0.3) is 11.6 Å². The van der Waals surface area contributed by atoms with Crippen LogP contribution in [0.15, 0.2) is 18.2 Å². The van der Waals surface area contributed by atoms with Crippen LogP contribution in [0.4, 0.5) is 11.4 Å². The third kappa shape index (κ3) is 3.41. The van der Waals surface area contributed by atoms with Crippen molar-refractivity contribution >= 4 is 29.0 Å². The summed E-state index contributed by atoms with van der Waals surface area (Å²) in [7, 11) is 1.60. The fraction of sp³-hybridized carbons (Fsp3) is 0.462. The predicted octanol–water partition coefficient (Wildman–Crippen LogP) is 2.26. The third-order valence-electron chi connectivity index (χ3n) is 3.22. The normalized spacial score (nSPS) is 18.4. The van der Waals surface area contributed by atoms with E-state index in [2.05, 4.69) is 10.6 Å². The van der Waals surface area contributed by atoms with Crippen molar-refractivity contribution in [3.63, 3.8) is 0 Å². The molecule has 108 valence electrons. The molecule has 1 fully saturated rings. The van der Waals surface area contributed by atoms with Crippen LogP contribution in [-0.4, -0.2) is 35.4 Å². The van der Waals surface area contributed by atoms with Gasteiger partial charge in [0.1, 0.15) is 5.69 Å². The summed E-state index contributed by atoms with van der Waals surface area (Å²) in [5.74, 6) is 1.90. The largest absolute Gasteiger partial charge is 0.383 e. The minimum atomic E-state index is -0.467. The first-order valence-electron chi connectivity index (χ1n) is 6.46. The van der Waals surface area contributed by atoms with E-state index < -0.39 is 4.92 Å². The van der Waals surface area contributed by atoms with Gasteiger partial charge in [0.05, 0.1) is 4.92 Å². The minimum Gasteiger partial charge on any atom is -0.383 e. The highest BCUT2D eigenvalue weighted by Crippen LogP contribution is 2.25. The Hall–Kier alpha value is -1.76. The standard InChI is InChI=1S/C13H17N3O3S/c1-14-11-7-9(4-5-12(11)16(18)19)13(17)15-10-3-2-6-20-8-10/h4-5,7,10,14H,2-3,6,8H2,1H3,(H,15,17). The van der Waals surface area contributed by atoms with Crippen LogP contribution in [0.5, 0.6) is 0 Å². The summed E-state index contributed by atoms with van der Waals surface area (Å²) in [5.41, 5.74) is 0.758. The molecule has 1 amide bonds. The predicted molar refractivity (Wildman–Crippen MR) is 80.5 cm³/mol. The molecule has 1 aromatic rings. The number of rotatable bonds is 4. The molecule has 1 atom stereocenters. The van der Waals surface area contributed by atoms with Crippen LogP contribution >= 0.6 is 11.8 Å². The molecule has 0 radical (unpaired) electrons. The molecule has 1 aromatic carbocycles. The Bertz CT molecular complexity index is 516. The molecule has 2 rings (SSSR count). The molecule has 2 N–H and O–H groups in total. The number of thioether (sulfide) groups is 1. The first kappa shape index (κ1) is 14.6. The summed E-state index contributed by atoms with van der Waals surface area (Å²) >= 11 is 1.84. The second-order valence-electron chi connectivity index (χ2n) is 4.63. The average molecular weight is 295 g/mol.